The van der Waals surface area contributed by atoms with E-state index in [2.05, 4.69) is 10.7 Å². The first-order valence-corrected chi connectivity index (χ1v) is 6.22. The summed E-state index contributed by atoms with van der Waals surface area (Å²) in [4.78, 5) is 10.6. The fraction of sp³-hybridized carbons (Fsp3) is 0.0769. The minimum Gasteiger partial charge on any atom is -0.375 e. The lowest BCUT2D eigenvalue weighted by Crippen LogP contribution is -2.11. The Labute approximate surface area is 120 Å². The van der Waals surface area contributed by atoms with Crippen molar-refractivity contribution >= 4 is 28.7 Å². The number of nitrogens with two attached hydrogens (primary N) is 1. The zero-order chi connectivity index (χ0) is 14.5. The molecule has 0 bridgehead atoms. The lowest BCUT2D eigenvalue weighted by Gasteiger charge is -2.10. The van der Waals surface area contributed by atoms with Gasteiger partial charge in [0.15, 0.2) is 0 Å². The number of nitrogens with one attached hydrogen (secondary N) is 2. The molecule has 20 heavy (non-hydrogen) atoms. The second kappa shape index (κ2) is 6.23. The fourth-order valence-electron chi connectivity index (χ4n) is 1.80. The maximum atomic E-state index is 11.1. The molecule has 4 N–H and O–H groups in total. The van der Waals surface area contributed by atoms with E-state index >= 15 is 0 Å². The second-order valence-electron chi connectivity index (χ2n) is 4.08. The maximum absolute atomic E-state index is 11.1. The van der Waals surface area contributed by atoms with Crippen LogP contribution in [-0.4, -0.2) is 4.92 Å². The molecule has 2 aromatic carbocycles. The first-order chi connectivity index (χ1) is 9.61. The van der Waals surface area contributed by atoms with Gasteiger partial charge in [-0.2, -0.15) is 0 Å². The monoisotopic (exact) mass is 292 g/mol. The van der Waals surface area contributed by atoms with E-state index in [1.165, 1.54) is 0 Å². The van der Waals surface area contributed by atoms with Crippen LogP contribution in [0.25, 0.3) is 0 Å². The molecule has 104 valence electrons. The number of nitro groups is 1. The Hall–Kier alpha value is -2.31. The quantitative estimate of drug-likeness (QED) is 0.447. The Morgan fingerprint density at radius 3 is 2.40 bits per heavy atom. The third-order valence-corrected chi connectivity index (χ3v) is 3.02. The average Bonchev–Trinajstić information content (AvgIpc) is 2.46. The van der Waals surface area contributed by atoms with Gasteiger partial charge in [0.25, 0.3) is 0 Å². The Kier molecular flexibility index (Phi) is 4.39. The molecule has 0 aliphatic rings. The summed E-state index contributed by atoms with van der Waals surface area (Å²) in [6.07, 6.45) is 0. The minimum absolute atomic E-state index is 0.0797. The van der Waals surface area contributed by atoms with Crippen LogP contribution < -0.4 is 16.6 Å². The van der Waals surface area contributed by atoms with Gasteiger partial charge in [0, 0.05) is 11.6 Å². The smallest absolute Gasteiger partial charge is 0.316 e. The number of para-hydroxylation sites is 1. The van der Waals surface area contributed by atoms with E-state index in [-0.39, 0.29) is 11.4 Å². The Morgan fingerprint density at radius 2 is 1.80 bits per heavy atom. The van der Waals surface area contributed by atoms with Crippen LogP contribution >= 0.6 is 11.6 Å². The molecule has 0 atom stereocenters. The summed E-state index contributed by atoms with van der Waals surface area (Å²) in [7, 11) is 0. The molecule has 0 aliphatic carbocycles. The molecule has 0 unspecified atom stereocenters. The van der Waals surface area contributed by atoms with Crippen LogP contribution in [0.5, 0.6) is 0 Å². The van der Waals surface area contributed by atoms with Crippen LogP contribution in [0, 0.1) is 10.1 Å². The number of halogens is 1. The van der Waals surface area contributed by atoms with Crippen molar-refractivity contribution in [1.82, 2.24) is 0 Å². The van der Waals surface area contributed by atoms with Gasteiger partial charge in [0.05, 0.1) is 4.92 Å². The number of hydrogen-bond acceptors (Lipinski definition) is 5. The molecule has 2 aromatic rings. The summed E-state index contributed by atoms with van der Waals surface area (Å²) in [6, 6.07) is 12.1. The lowest BCUT2D eigenvalue weighted by molar-refractivity contribution is -0.383. The highest BCUT2D eigenvalue weighted by molar-refractivity contribution is 6.30. The SMILES string of the molecule is NNc1cccc(NCc2ccc(Cl)cc2)c1[N+](=O)[O-]. The van der Waals surface area contributed by atoms with E-state index in [0.717, 1.165) is 5.56 Å². The van der Waals surface area contributed by atoms with Crippen molar-refractivity contribution in [2.45, 2.75) is 6.54 Å². The highest BCUT2D eigenvalue weighted by atomic mass is 35.5. The fourth-order valence-corrected chi connectivity index (χ4v) is 1.92. The molecule has 0 aromatic heterocycles. The van der Waals surface area contributed by atoms with E-state index in [1.807, 2.05) is 12.1 Å². The Morgan fingerprint density at radius 1 is 1.15 bits per heavy atom. The second-order valence-corrected chi connectivity index (χ2v) is 4.52. The molecular formula is C13H13ClN4O2. The van der Waals surface area contributed by atoms with Crippen LogP contribution in [0.3, 0.4) is 0 Å². The molecule has 0 saturated carbocycles. The third-order valence-electron chi connectivity index (χ3n) is 2.77. The average molecular weight is 293 g/mol. The first kappa shape index (κ1) is 14.1. The lowest BCUT2D eigenvalue weighted by atomic mass is 10.2. The van der Waals surface area contributed by atoms with Crippen molar-refractivity contribution in [3.05, 3.63) is 63.2 Å². The van der Waals surface area contributed by atoms with Gasteiger partial charge in [0.1, 0.15) is 11.4 Å². The number of nitrogen functional groups attached to an aromatic ring is 1. The van der Waals surface area contributed by atoms with Crippen molar-refractivity contribution < 1.29 is 4.92 Å². The molecule has 0 amide bonds. The standard InChI is InChI=1S/C13H13ClN4O2/c14-10-6-4-9(5-7-10)8-16-11-2-1-3-12(17-15)13(11)18(19)20/h1-7,16-17H,8,15H2. The minimum atomic E-state index is -0.473. The van der Waals surface area contributed by atoms with E-state index in [1.54, 1.807) is 30.3 Å². The normalized spacial score (nSPS) is 10.1. The van der Waals surface area contributed by atoms with Crippen LogP contribution in [0.1, 0.15) is 5.56 Å². The summed E-state index contributed by atoms with van der Waals surface area (Å²) in [5.74, 6) is 5.28. The zero-order valence-electron chi connectivity index (χ0n) is 10.5. The topological polar surface area (TPSA) is 93.2 Å². The number of benzene rings is 2. The van der Waals surface area contributed by atoms with E-state index in [4.69, 9.17) is 17.4 Å². The molecule has 2 rings (SSSR count). The van der Waals surface area contributed by atoms with Crippen LogP contribution in [0.4, 0.5) is 17.1 Å². The van der Waals surface area contributed by atoms with E-state index < -0.39 is 4.92 Å². The highest BCUT2D eigenvalue weighted by Gasteiger charge is 2.18. The maximum Gasteiger partial charge on any atom is 0.316 e. The number of hydrazine groups is 1. The molecule has 0 spiro atoms. The number of rotatable bonds is 5. The van der Waals surface area contributed by atoms with Gasteiger partial charge in [-0.1, -0.05) is 29.8 Å². The Bertz CT molecular complexity index is 616. The summed E-state index contributed by atoms with van der Waals surface area (Å²) >= 11 is 5.80. The molecule has 0 radical (unpaired) electrons. The van der Waals surface area contributed by atoms with Crippen molar-refractivity contribution in [2.24, 2.45) is 5.84 Å². The summed E-state index contributed by atoms with van der Waals surface area (Å²) in [5.41, 5.74) is 3.88. The molecule has 0 saturated heterocycles. The number of anilines is 2. The molecule has 7 heteroatoms. The molecule has 6 nitrogen and oxygen atoms in total. The van der Waals surface area contributed by atoms with Gasteiger partial charge in [-0.15, -0.1) is 0 Å². The van der Waals surface area contributed by atoms with Gasteiger partial charge in [0.2, 0.25) is 0 Å². The largest absolute Gasteiger partial charge is 0.375 e. The van der Waals surface area contributed by atoms with Gasteiger partial charge in [-0.25, -0.2) is 0 Å². The van der Waals surface area contributed by atoms with Crippen molar-refractivity contribution in [2.75, 3.05) is 10.7 Å². The summed E-state index contributed by atoms with van der Waals surface area (Å²) < 4.78 is 0. The van der Waals surface area contributed by atoms with Gasteiger partial charge < -0.3 is 10.7 Å². The summed E-state index contributed by atoms with van der Waals surface area (Å²) in [6.45, 7) is 0.450. The van der Waals surface area contributed by atoms with Gasteiger partial charge in [-0.3, -0.25) is 16.0 Å². The van der Waals surface area contributed by atoms with E-state index in [9.17, 15) is 10.1 Å². The zero-order valence-corrected chi connectivity index (χ0v) is 11.2. The Balaban J connectivity index is 2.21. The predicted molar refractivity (Wildman–Crippen MR) is 79.7 cm³/mol. The van der Waals surface area contributed by atoms with Crippen LogP contribution in [0.15, 0.2) is 42.5 Å². The number of nitrogens with zero attached hydrogens (tertiary/aromatic N) is 1. The van der Waals surface area contributed by atoms with Crippen molar-refractivity contribution in [3.63, 3.8) is 0 Å². The first-order valence-electron chi connectivity index (χ1n) is 5.84. The number of nitro benzene ring substituents is 1. The molecule has 0 fully saturated rings. The molecular weight excluding hydrogens is 280 g/mol. The third kappa shape index (κ3) is 3.17. The predicted octanol–water partition coefficient (Wildman–Crippen LogP) is 3.15. The highest BCUT2D eigenvalue weighted by Crippen LogP contribution is 2.32. The van der Waals surface area contributed by atoms with Gasteiger partial charge >= 0.3 is 5.69 Å². The molecule has 0 heterocycles. The van der Waals surface area contributed by atoms with E-state index in [0.29, 0.717) is 17.3 Å². The van der Waals surface area contributed by atoms with Crippen molar-refractivity contribution in [1.29, 1.82) is 0 Å². The van der Waals surface area contributed by atoms with Crippen LogP contribution in [-0.2, 0) is 6.54 Å². The van der Waals surface area contributed by atoms with Gasteiger partial charge in [-0.05, 0) is 29.8 Å². The van der Waals surface area contributed by atoms with Crippen LogP contribution in [0.2, 0.25) is 5.02 Å². The van der Waals surface area contributed by atoms with Crippen molar-refractivity contribution in [3.8, 4) is 0 Å². The molecule has 0 aliphatic heterocycles. The summed E-state index contributed by atoms with van der Waals surface area (Å²) in [5, 5.41) is 14.8. The number of hydrogen-bond donors (Lipinski definition) is 3.